The van der Waals surface area contributed by atoms with E-state index in [1.54, 1.807) is 18.2 Å². The highest BCUT2D eigenvalue weighted by atomic mass is 16.5. The molecule has 5 rings (SSSR count). The number of amides is 1. The van der Waals surface area contributed by atoms with Crippen molar-refractivity contribution in [2.45, 2.75) is 25.0 Å². The molecule has 1 aliphatic rings. The normalized spacial score (nSPS) is 13.6. The second kappa shape index (κ2) is 10.9. The molecule has 206 valence electrons. The average molecular weight is 542 g/mol. The summed E-state index contributed by atoms with van der Waals surface area (Å²) in [5.41, 5.74) is 1.26. The Morgan fingerprint density at radius 1 is 0.975 bits per heavy atom. The fourth-order valence-electron chi connectivity index (χ4n) is 4.64. The summed E-state index contributed by atoms with van der Waals surface area (Å²) in [6.07, 6.45) is 1.56. The van der Waals surface area contributed by atoms with Crippen molar-refractivity contribution in [1.29, 1.82) is 0 Å². The number of carbonyl (C=O) groups is 1. The number of ether oxygens (including phenoxy) is 1. The van der Waals surface area contributed by atoms with Gasteiger partial charge in [-0.05, 0) is 47.7 Å². The predicted octanol–water partition coefficient (Wildman–Crippen LogP) is 2.69. The Kier molecular flexibility index (Phi) is 7.38. The van der Waals surface area contributed by atoms with Crippen molar-refractivity contribution in [2.75, 3.05) is 19.0 Å². The fourth-order valence-corrected chi connectivity index (χ4v) is 4.64. The van der Waals surface area contributed by atoms with E-state index in [4.69, 9.17) is 4.74 Å². The Balaban J connectivity index is 1.49. The van der Waals surface area contributed by atoms with Crippen molar-refractivity contribution >= 4 is 11.7 Å². The number of hydrogen-bond donors (Lipinski definition) is 3. The van der Waals surface area contributed by atoms with Gasteiger partial charge in [0.2, 0.25) is 5.88 Å². The number of carbonyl (C=O) groups excluding carboxylic acids is 1. The summed E-state index contributed by atoms with van der Waals surface area (Å²) in [6, 6.07) is 20.4. The number of anilines is 1. The van der Waals surface area contributed by atoms with E-state index in [-0.39, 0.29) is 17.1 Å². The molecular weight excluding hydrogens is 510 g/mol. The van der Waals surface area contributed by atoms with Gasteiger partial charge >= 0.3 is 5.69 Å². The Morgan fingerprint density at radius 2 is 1.68 bits per heavy atom. The molecule has 1 fully saturated rings. The van der Waals surface area contributed by atoms with Crippen LogP contribution in [0.15, 0.2) is 76.3 Å². The molecule has 0 atom stereocenters. The van der Waals surface area contributed by atoms with Crippen LogP contribution in [0.3, 0.4) is 0 Å². The molecule has 0 aliphatic heterocycles. The van der Waals surface area contributed by atoms with E-state index in [0.717, 1.165) is 34.1 Å². The minimum absolute atomic E-state index is 0.181. The van der Waals surface area contributed by atoms with Crippen LogP contribution in [0.25, 0.3) is 22.4 Å². The van der Waals surface area contributed by atoms with Crippen LogP contribution in [0, 0.1) is 0 Å². The van der Waals surface area contributed by atoms with Crippen molar-refractivity contribution in [3.05, 3.63) is 98.7 Å². The van der Waals surface area contributed by atoms with Gasteiger partial charge in [0.25, 0.3) is 11.5 Å². The number of nitrogens with one attached hydrogen (secondary N) is 2. The highest BCUT2D eigenvalue weighted by Gasteiger charge is 2.39. The van der Waals surface area contributed by atoms with Crippen LogP contribution in [0.2, 0.25) is 0 Å². The van der Waals surface area contributed by atoms with E-state index in [0.29, 0.717) is 24.5 Å². The zero-order valence-electron chi connectivity index (χ0n) is 22.6. The summed E-state index contributed by atoms with van der Waals surface area (Å²) < 4.78 is 7.64. The smallest absolute Gasteiger partial charge is 0.330 e. The van der Waals surface area contributed by atoms with Gasteiger partial charge in [-0.3, -0.25) is 18.7 Å². The Morgan fingerprint density at radius 3 is 2.38 bits per heavy atom. The monoisotopic (exact) mass is 541 g/mol. The second-order valence-corrected chi connectivity index (χ2v) is 10.0. The molecule has 10 nitrogen and oxygen atoms in total. The van der Waals surface area contributed by atoms with Crippen LogP contribution in [-0.4, -0.2) is 44.4 Å². The summed E-state index contributed by atoms with van der Waals surface area (Å²) in [5, 5.41) is 15.9. The fraction of sp³-hybridized carbons (Fsp3) is 0.267. The van der Waals surface area contributed by atoms with Gasteiger partial charge in [-0.25, -0.2) is 4.79 Å². The van der Waals surface area contributed by atoms with Gasteiger partial charge in [-0.2, -0.15) is 4.98 Å². The molecule has 0 saturated heterocycles. The lowest BCUT2D eigenvalue weighted by molar-refractivity contribution is 0.102. The Labute approximate surface area is 230 Å². The molecule has 0 bridgehead atoms. The molecular formula is C30H31N5O5. The van der Waals surface area contributed by atoms with Crippen molar-refractivity contribution in [3.8, 4) is 28.3 Å². The highest BCUT2D eigenvalue weighted by Crippen LogP contribution is 2.34. The van der Waals surface area contributed by atoms with E-state index < -0.39 is 22.8 Å². The van der Waals surface area contributed by atoms with Crippen LogP contribution in [0.1, 0.15) is 28.8 Å². The minimum atomic E-state index is -0.716. The lowest BCUT2D eigenvalue weighted by Gasteiger charge is -2.16. The summed E-state index contributed by atoms with van der Waals surface area (Å²) in [4.78, 5) is 44.2. The zero-order valence-corrected chi connectivity index (χ0v) is 22.6. The van der Waals surface area contributed by atoms with Crippen molar-refractivity contribution < 1.29 is 14.6 Å². The highest BCUT2D eigenvalue weighted by molar-refractivity contribution is 6.07. The van der Waals surface area contributed by atoms with Crippen LogP contribution < -0.4 is 26.6 Å². The number of nitrogens with zero attached hydrogens (tertiary/aromatic N) is 3. The first-order valence-corrected chi connectivity index (χ1v) is 12.9. The molecule has 1 aliphatic carbocycles. The number of hydrogen-bond acceptors (Lipinski definition) is 7. The third-order valence-corrected chi connectivity index (χ3v) is 7.11. The molecule has 0 unspecified atom stereocenters. The van der Waals surface area contributed by atoms with Gasteiger partial charge in [-0.15, -0.1) is 0 Å². The van der Waals surface area contributed by atoms with Gasteiger partial charge in [-0.1, -0.05) is 48.5 Å². The van der Waals surface area contributed by atoms with Gasteiger partial charge in [0, 0.05) is 32.7 Å². The van der Waals surface area contributed by atoms with E-state index in [9.17, 15) is 19.5 Å². The number of rotatable bonds is 9. The quantitative estimate of drug-likeness (QED) is 0.297. The molecule has 10 heteroatoms. The third-order valence-electron chi connectivity index (χ3n) is 7.11. The van der Waals surface area contributed by atoms with Crippen LogP contribution in [-0.2, 0) is 20.6 Å². The standard InChI is InChI=1S/C30H31N5O5/c1-34-25(21-11-7-10-20(16-21)19-8-5-4-6-9-19)24(28(37)35(2)29(34)38)26(36)32-23-13-12-22(27(33-23)40-3)17-31-18-30(39)14-15-30/h4-13,16,31,39H,14-15,17-18H2,1-3H3,(H,32,33,36). The number of pyridine rings is 1. The maximum Gasteiger partial charge on any atom is 0.330 e. The van der Waals surface area contributed by atoms with Gasteiger partial charge in [0.1, 0.15) is 11.4 Å². The lowest BCUT2D eigenvalue weighted by Crippen LogP contribution is -2.42. The maximum atomic E-state index is 13.6. The van der Waals surface area contributed by atoms with E-state index >= 15 is 0 Å². The summed E-state index contributed by atoms with van der Waals surface area (Å²) in [7, 11) is 4.35. The Bertz CT molecular complexity index is 1690. The van der Waals surface area contributed by atoms with Crippen LogP contribution in [0.4, 0.5) is 5.82 Å². The largest absolute Gasteiger partial charge is 0.481 e. The second-order valence-electron chi connectivity index (χ2n) is 10.0. The molecule has 1 amide bonds. The molecule has 3 N–H and O–H groups in total. The summed E-state index contributed by atoms with van der Waals surface area (Å²) in [5.74, 6) is -0.212. The Hall–Kier alpha value is -4.54. The number of aromatic nitrogens is 3. The van der Waals surface area contributed by atoms with Gasteiger partial charge in [0.05, 0.1) is 18.4 Å². The summed E-state index contributed by atoms with van der Waals surface area (Å²) in [6.45, 7) is 0.898. The SMILES string of the molecule is COc1nc(NC(=O)c2c(-c3cccc(-c4ccccc4)c3)n(C)c(=O)n(C)c2=O)ccc1CNCC1(O)CC1. The number of methoxy groups -OCH3 is 1. The average Bonchev–Trinajstić information content (AvgIpc) is 3.71. The maximum absolute atomic E-state index is 13.6. The van der Waals surface area contributed by atoms with Crippen molar-refractivity contribution in [1.82, 2.24) is 19.4 Å². The minimum Gasteiger partial charge on any atom is -0.481 e. The van der Waals surface area contributed by atoms with Crippen LogP contribution >= 0.6 is 0 Å². The first-order chi connectivity index (χ1) is 19.2. The molecule has 0 radical (unpaired) electrons. The van der Waals surface area contributed by atoms with Crippen LogP contribution in [0.5, 0.6) is 5.88 Å². The lowest BCUT2D eigenvalue weighted by atomic mass is 9.99. The van der Waals surface area contributed by atoms with Crippen molar-refractivity contribution in [3.63, 3.8) is 0 Å². The van der Waals surface area contributed by atoms with E-state index in [1.165, 1.54) is 25.8 Å². The van der Waals surface area contributed by atoms with Gasteiger partial charge < -0.3 is 20.5 Å². The molecule has 4 aromatic rings. The zero-order chi connectivity index (χ0) is 28.4. The molecule has 2 aromatic carbocycles. The first kappa shape index (κ1) is 27.0. The molecule has 40 heavy (non-hydrogen) atoms. The summed E-state index contributed by atoms with van der Waals surface area (Å²) >= 11 is 0. The molecule has 2 aromatic heterocycles. The first-order valence-electron chi connectivity index (χ1n) is 12.9. The number of aliphatic hydroxyl groups is 1. The van der Waals surface area contributed by atoms with Crippen molar-refractivity contribution in [2.24, 2.45) is 14.1 Å². The van der Waals surface area contributed by atoms with Gasteiger partial charge in [0.15, 0.2) is 0 Å². The predicted molar refractivity (Wildman–Crippen MR) is 152 cm³/mol. The topological polar surface area (TPSA) is 127 Å². The third kappa shape index (κ3) is 5.45. The molecule has 1 saturated carbocycles. The number of benzene rings is 2. The van der Waals surface area contributed by atoms with E-state index in [2.05, 4.69) is 15.6 Å². The van der Waals surface area contributed by atoms with E-state index in [1.807, 2.05) is 48.5 Å². The molecule has 0 spiro atoms. The molecule has 2 heterocycles.